The number of hydrogen-bond donors (Lipinski definition) is 4. The van der Waals surface area contributed by atoms with Gasteiger partial charge in [-0.2, -0.15) is 18.2 Å². The topological polar surface area (TPSA) is 122 Å². The Hall–Kier alpha value is -4.22. The van der Waals surface area contributed by atoms with Crippen LogP contribution in [0.3, 0.4) is 0 Å². The molecule has 0 bridgehead atoms. The van der Waals surface area contributed by atoms with Crippen LogP contribution in [0.4, 0.5) is 29.3 Å². The first-order valence-electron chi connectivity index (χ1n) is 9.64. The molecule has 5 N–H and O–H groups in total. The van der Waals surface area contributed by atoms with E-state index in [1.807, 2.05) is 0 Å². The summed E-state index contributed by atoms with van der Waals surface area (Å²) in [5.74, 6) is -1.56. The van der Waals surface area contributed by atoms with Gasteiger partial charge in [-0.1, -0.05) is 12.1 Å². The minimum atomic E-state index is -4.73. The molecular formula is C21H17F4N7O. The molecule has 2 aromatic carbocycles. The predicted molar refractivity (Wildman–Crippen MR) is 113 cm³/mol. The van der Waals surface area contributed by atoms with Crippen molar-refractivity contribution in [3.05, 3.63) is 77.1 Å². The molecule has 0 aliphatic heterocycles. The van der Waals surface area contributed by atoms with Crippen molar-refractivity contribution in [3.8, 4) is 0 Å². The first-order chi connectivity index (χ1) is 15.7. The SMILES string of the molecule is NC(=O)c1cccc2c(NCc3c(F)cccc3C(F)(F)F)nc(NCc3cnc[nH]3)nc12. The third kappa shape index (κ3) is 4.68. The number of nitrogens with zero attached hydrogens (tertiary/aromatic N) is 3. The van der Waals surface area contributed by atoms with Crippen LogP contribution in [0.2, 0.25) is 0 Å². The molecule has 0 saturated heterocycles. The average molecular weight is 459 g/mol. The van der Waals surface area contributed by atoms with E-state index in [1.165, 1.54) is 12.4 Å². The van der Waals surface area contributed by atoms with E-state index in [0.29, 0.717) is 5.39 Å². The van der Waals surface area contributed by atoms with E-state index in [-0.39, 0.29) is 29.4 Å². The van der Waals surface area contributed by atoms with E-state index in [4.69, 9.17) is 5.73 Å². The summed E-state index contributed by atoms with van der Waals surface area (Å²) in [6.07, 6.45) is -1.66. The van der Waals surface area contributed by atoms with Crippen LogP contribution in [0.25, 0.3) is 10.9 Å². The second-order valence-corrected chi connectivity index (χ2v) is 7.01. The van der Waals surface area contributed by atoms with Gasteiger partial charge in [-0.15, -0.1) is 0 Å². The molecule has 12 heteroatoms. The highest BCUT2D eigenvalue weighted by Gasteiger charge is 2.34. The van der Waals surface area contributed by atoms with Gasteiger partial charge in [-0.3, -0.25) is 4.79 Å². The molecule has 8 nitrogen and oxygen atoms in total. The number of carbonyl (C=O) groups is 1. The van der Waals surface area contributed by atoms with Crippen LogP contribution in [-0.4, -0.2) is 25.8 Å². The maximum Gasteiger partial charge on any atom is 0.416 e. The highest BCUT2D eigenvalue weighted by molar-refractivity contribution is 6.07. The van der Waals surface area contributed by atoms with Crippen LogP contribution >= 0.6 is 0 Å². The van der Waals surface area contributed by atoms with E-state index in [2.05, 4.69) is 30.6 Å². The number of hydrogen-bond acceptors (Lipinski definition) is 6. The largest absolute Gasteiger partial charge is 0.416 e. The number of carbonyl (C=O) groups excluding carboxylic acids is 1. The van der Waals surface area contributed by atoms with Gasteiger partial charge >= 0.3 is 6.18 Å². The van der Waals surface area contributed by atoms with E-state index >= 15 is 0 Å². The van der Waals surface area contributed by atoms with Gasteiger partial charge in [0.05, 0.1) is 35.2 Å². The summed E-state index contributed by atoms with van der Waals surface area (Å²) in [6, 6.07) is 7.35. The number of H-pyrrole nitrogens is 1. The summed E-state index contributed by atoms with van der Waals surface area (Å²) in [5.41, 5.74) is 4.82. The van der Waals surface area contributed by atoms with Gasteiger partial charge in [-0.05, 0) is 24.3 Å². The monoisotopic (exact) mass is 459 g/mol. The summed E-state index contributed by atoms with van der Waals surface area (Å²) in [6.45, 7) is -0.246. The number of aromatic nitrogens is 4. The molecule has 1 amide bonds. The molecule has 0 saturated carbocycles. The van der Waals surface area contributed by atoms with E-state index in [1.54, 1.807) is 18.3 Å². The lowest BCUT2D eigenvalue weighted by molar-refractivity contribution is -0.138. The molecule has 170 valence electrons. The molecule has 0 atom stereocenters. The standard InChI is InChI=1S/C21H17F4N7O/c22-16-6-2-5-15(21(23,24)25)14(16)9-28-19-13-4-1-3-12(18(26)33)17(13)31-20(32-19)29-8-11-7-27-10-30-11/h1-7,10H,8-9H2,(H2,26,33)(H,27,30)(H2,28,29,31,32). The third-order valence-electron chi connectivity index (χ3n) is 4.84. The van der Waals surface area contributed by atoms with E-state index in [9.17, 15) is 22.4 Å². The van der Waals surface area contributed by atoms with Crippen LogP contribution in [0, 0.1) is 5.82 Å². The molecule has 4 aromatic rings. The lowest BCUT2D eigenvalue weighted by Gasteiger charge is -2.16. The zero-order valence-electron chi connectivity index (χ0n) is 16.9. The Kier molecular flexibility index (Phi) is 5.82. The van der Waals surface area contributed by atoms with Gasteiger partial charge in [0.1, 0.15) is 11.6 Å². The summed E-state index contributed by atoms with van der Waals surface area (Å²) < 4.78 is 54.3. The van der Waals surface area contributed by atoms with Crippen molar-refractivity contribution >= 4 is 28.6 Å². The van der Waals surface area contributed by atoms with Gasteiger partial charge < -0.3 is 21.4 Å². The highest BCUT2D eigenvalue weighted by Crippen LogP contribution is 2.34. The van der Waals surface area contributed by atoms with Crippen molar-refractivity contribution in [2.24, 2.45) is 5.73 Å². The van der Waals surface area contributed by atoms with Gasteiger partial charge in [0, 0.05) is 23.7 Å². The number of para-hydroxylation sites is 1. The second-order valence-electron chi connectivity index (χ2n) is 7.01. The van der Waals surface area contributed by atoms with Gasteiger partial charge in [0.15, 0.2) is 0 Å². The fourth-order valence-electron chi connectivity index (χ4n) is 3.30. The number of aromatic amines is 1. The van der Waals surface area contributed by atoms with E-state index in [0.717, 1.165) is 23.9 Å². The summed E-state index contributed by atoms with van der Waals surface area (Å²) in [5, 5.41) is 6.04. The number of fused-ring (bicyclic) bond motifs is 1. The van der Waals surface area contributed by atoms with Crippen molar-refractivity contribution < 1.29 is 22.4 Å². The van der Waals surface area contributed by atoms with Crippen LogP contribution < -0.4 is 16.4 Å². The fourth-order valence-corrected chi connectivity index (χ4v) is 3.30. The minimum Gasteiger partial charge on any atom is -0.366 e. The Balaban J connectivity index is 1.74. The number of halogens is 4. The summed E-state index contributed by atoms with van der Waals surface area (Å²) in [7, 11) is 0. The number of nitrogens with two attached hydrogens (primary N) is 1. The van der Waals surface area contributed by atoms with Gasteiger partial charge in [-0.25, -0.2) is 14.4 Å². The minimum absolute atomic E-state index is 0.0814. The summed E-state index contributed by atoms with van der Waals surface area (Å²) >= 11 is 0. The quantitative estimate of drug-likeness (QED) is 0.312. The van der Waals surface area contributed by atoms with Crippen molar-refractivity contribution in [2.75, 3.05) is 10.6 Å². The number of nitrogens with one attached hydrogen (secondary N) is 3. The zero-order valence-corrected chi connectivity index (χ0v) is 16.9. The Bertz CT molecular complexity index is 1310. The highest BCUT2D eigenvalue weighted by atomic mass is 19.4. The molecule has 2 aromatic heterocycles. The second kappa shape index (κ2) is 8.73. The van der Waals surface area contributed by atoms with Gasteiger partial charge in [0.2, 0.25) is 5.95 Å². The normalized spacial score (nSPS) is 11.5. The lowest BCUT2D eigenvalue weighted by Crippen LogP contribution is -2.16. The Morgan fingerprint density at radius 3 is 2.55 bits per heavy atom. The van der Waals surface area contributed by atoms with Crippen molar-refractivity contribution in [1.29, 1.82) is 0 Å². The number of rotatable bonds is 7. The van der Waals surface area contributed by atoms with Crippen molar-refractivity contribution in [1.82, 2.24) is 19.9 Å². The van der Waals surface area contributed by atoms with Crippen LogP contribution in [0.1, 0.15) is 27.2 Å². The Morgan fingerprint density at radius 2 is 1.85 bits per heavy atom. The lowest BCUT2D eigenvalue weighted by atomic mass is 10.1. The van der Waals surface area contributed by atoms with Crippen LogP contribution in [-0.2, 0) is 19.3 Å². The Morgan fingerprint density at radius 1 is 1.06 bits per heavy atom. The number of benzene rings is 2. The Labute approximate surface area is 184 Å². The molecule has 0 spiro atoms. The van der Waals surface area contributed by atoms with E-state index < -0.39 is 35.6 Å². The molecular weight excluding hydrogens is 442 g/mol. The molecule has 0 fully saturated rings. The number of anilines is 2. The predicted octanol–water partition coefficient (Wildman–Crippen LogP) is 3.83. The first-order valence-corrected chi connectivity index (χ1v) is 9.64. The number of primary amides is 1. The summed E-state index contributed by atoms with van der Waals surface area (Å²) in [4.78, 5) is 27.3. The first kappa shape index (κ1) is 22.0. The number of alkyl halides is 3. The maximum absolute atomic E-state index is 14.3. The molecule has 4 rings (SSSR count). The smallest absolute Gasteiger partial charge is 0.366 e. The van der Waals surface area contributed by atoms with Crippen LogP contribution in [0.5, 0.6) is 0 Å². The molecule has 33 heavy (non-hydrogen) atoms. The molecule has 0 radical (unpaired) electrons. The number of imidazole rings is 1. The molecule has 2 heterocycles. The zero-order chi connectivity index (χ0) is 23.6. The third-order valence-corrected chi connectivity index (χ3v) is 4.84. The fraction of sp³-hybridized carbons (Fsp3) is 0.143. The molecule has 0 aliphatic carbocycles. The van der Waals surface area contributed by atoms with Crippen molar-refractivity contribution in [2.45, 2.75) is 19.3 Å². The maximum atomic E-state index is 14.3. The number of amides is 1. The average Bonchev–Trinajstić information content (AvgIpc) is 3.29. The van der Waals surface area contributed by atoms with Crippen molar-refractivity contribution in [3.63, 3.8) is 0 Å². The van der Waals surface area contributed by atoms with Gasteiger partial charge in [0.25, 0.3) is 5.91 Å². The molecule has 0 aliphatic rings. The molecule has 0 unspecified atom stereocenters. The van der Waals surface area contributed by atoms with Crippen LogP contribution in [0.15, 0.2) is 48.9 Å².